The van der Waals surface area contributed by atoms with Gasteiger partial charge in [-0.05, 0) is 20.3 Å². The van der Waals surface area contributed by atoms with Crippen LogP contribution < -0.4 is 10.6 Å². The summed E-state index contributed by atoms with van der Waals surface area (Å²) < 4.78 is 18.2. The van der Waals surface area contributed by atoms with Crippen molar-refractivity contribution in [3.63, 3.8) is 0 Å². The molecule has 7 heteroatoms. The number of carbonyl (C=O) groups excluding carboxylic acids is 1. The zero-order valence-electron chi connectivity index (χ0n) is 11.2. The minimum absolute atomic E-state index is 0.134. The SMILES string of the molecule is CCNc1ncc(F)c(NCCCC(=O)OCC)n1. The lowest BCUT2D eigenvalue weighted by Crippen LogP contribution is -2.11. The number of hydrogen-bond acceptors (Lipinski definition) is 6. The molecule has 0 amide bonds. The number of aromatic nitrogens is 2. The number of hydrogen-bond donors (Lipinski definition) is 2. The van der Waals surface area contributed by atoms with E-state index < -0.39 is 5.82 Å². The van der Waals surface area contributed by atoms with Crippen LogP contribution in [-0.4, -0.2) is 35.6 Å². The molecule has 1 rings (SSSR count). The Kier molecular flexibility index (Phi) is 6.56. The van der Waals surface area contributed by atoms with Gasteiger partial charge in [-0.25, -0.2) is 9.37 Å². The molecule has 0 aliphatic carbocycles. The highest BCUT2D eigenvalue weighted by Crippen LogP contribution is 2.11. The van der Waals surface area contributed by atoms with E-state index in [2.05, 4.69) is 20.6 Å². The molecule has 0 aliphatic rings. The summed E-state index contributed by atoms with van der Waals surface area (Å²) in [6, 6.07) is 0. The molecule has 106 valence electrons. The average Bonchev–Trinajstić information content (AvgIpc) is 2.39. The number of rotatable bonds is 8. The summed E-state index contributed by atoms with van der Waals surface area (Å²) in [5.41, 5.74) is 0. The Morgan fingerprint density at radius 2 is 2.21 bits per heavy atom. The van der Waals surface area contributed by atoms with Crippen molar-refractivity contribution in [1.82, 2.24) is 9.97 Å². The molecule has 0 saturated heterocycles. The highest BCUT2D eigenvalue weighted by Gasteiger charge is 2.06. The number of carbonyl (C=O) groups is 1. The van der Waals surface area contributed by atoms with Crippen molar-refractivity contribution in [2.75, 3.05) is 30.3 Å². The van der Waals surface area contributed by atoms with Crippen LogP contribution >= 0.6 is 0 Å². The minimum Gasteiger partial charge on any atom is -0.466 e. The summed E-state index contributed by atoms with van der Waals surface area (Å²) in [5, 5.41) is 5.73. The predicted octanol–water partition coefficient (Wildman–Crippen LogP) is 1.80. The van der Waals surface area contributed by atoms with Crippen LogP contribution in [0.4, 0.5) is 16.2 Å². The van der Waals surface area contributed by atoms with Gasteiger partial charge in [0.2, 0.25) is 5.95 Å². The molecule has 19 heavy (non-hydrogen) atoms. The third-order valence-corrected chi connectivity index (χ3v) is 2.23. The molecule has 0 atom stereocenters. The molecular formula is C12H19FN4O2. The van der Waals surface area contributed by atoms with Crippen molar-refractivity contribution in [3.05, 3.63) is 12.0 Å². The predicted molar refractivity (Wildman–Crippen MR) is 70.5 cm³/mol. The average molecular weight is 270 g/mol. The molecule has 0 spiro atoms. The van der Waals surface area contributed by atoms with E-state index in [1.165, 1.54) is 0 Å². The monoisotopic (exact) mass is 270 g/mol. The van der Waals surface area contributed by atoms with Crippen LogP contribution in [-0.2, 0) is 9.53 Å². The van der Waals surface area contributed by atoms with Crippen LogP contribution in [0, 0.1) is 5.82 Å². The molecule has 1 aromatic heterocycles. The van der Waals surface area contributed by atoms with Gasteiger partial charge in [0.15, 0.2) is 11.6 Å². The molecule has 2 N–H and O–H groups in total. The standard InChI is InChI=1S/C12H19FN4O2/c1-3-14-12-16-8-9(13)11(17-12)15-7-5-6-10(18)19-4-2/h8H,3-7H2,1-2H3,(H2,14,15,16,17). The third kappa shape index (κ3) is 5.50. The molecule has 0 bridgehead atoms. The Bertz CT molecular complexity index is 415. The van der Waals surface area contributed by atoms with Gasteiger partial charge in [-0.2, -0.15) is 4.98 Å². The van der Waals surface area contributed by atoms with Gasteiger partial charge in [-0.15, -0.1) is 0 Å². The van der Waals surface area contributed by atoms with E-state index in [1.54, 1.807) is 6.92 Å². The molecule has 1 aromatic rings. The molecule has 0 aromatic carbocycles. The van der Waals surface area contributed by atoms with Crippen molar-refractivity contribution in [2.45, 2.75) is 26.7 Å². The lowest BCUT2D eigenvalue weighted by molar-refractivity contribution is -0.143. The van der Waals surface area contributed by atoms with Crippen LogP contribution in [0.3, 0.4) is 0 Å². The van der Waals surface area contributed by atoms with Crippen LogP contribution in [0.25, 0.3) is 0 Å². The largest absolute Gasteiger partial charge is 0.466 e. The number of esters is 1. The second kappa shape index (κ2) is 8.23. The van der Waals surface area contributed by atoms with Gasteiger partial charge in [-0.3, -0.25) is 4.79 Å². The van der Waals surface area contributed by atoms with E-state index in [0.717, 1.165) is 6.20 Å². The fourth-order valence-corrected chi connectivity index (χ4v) is 1.41. The van der Waals surface area contributed by atoms with E-state index in [-0.39, 0.29) is 11.8 Å². The van der Waals surface area contributed by atoms with Gasteiger partial charge in [-0.1, -0.05) is 0 Å². The summed E-state index contributed by atoms with van der Waals surface area (Å²) in [6.45, 7) is 5.14. The molecule has 0 aliphatic heterocycles. The molecule has 6 nitrogen and oxygen atoms in total. The normalized spacial score (nSPS) is 10.1. The lowest BCUT2D eigenvalue weighted by Gasteiger charge is -2.08. The summed E-state index contributed by atoms with van der Waals surface area (Å²) in [5.74, 6) is -0.259. The van der Waals surface area contributed by atoms with Crippen molar-refractivity contribution in [1.29, 1.82) is 0 Å². The van der Waals surface area contributed by atoms with Gasteiger partial charge in [0.1, 0.15) is 0 Å². The van der Waals surface area contributed by atoms with Crippen LogP contribution in [0.15, 0.2) is 6.20 Å². The number of ether oxygens (including phenoxy) is 1. The number of nitrogens with one attached hydrogen (secondary N) is 2. The van der Waals surface area contributed by atoms with Gasteiger partial charge >= 0.3 is 5.97 Å². The second-order valence-corrected chi connectivity index (χ2v) is 3.76. The van der Waals surface area contributed by atoms with E-state index in [9.17, 15) is 9.18 Å². The van der Waals surface area contributed by atoms with Crippen molar-refractivity contribution >= 4 is 17.7 Å². The van der Waals surface area contributed by atoms with E-state index >= 15 is 0 Å². The third-order valence-electron chi connectivity index (χ3n) is 2.23. The zero-order valence-corrected chi connectivity index (χ0v) is 11.2. The van der Waals surface area contributed by atoms with Crippen LogP contribution in [0.1, 0.15) is 26.7 Å². The smallest absolute Gasteiger partial charge is 0.305 e. The molecule has 0 radical (unpaired) electrons. The number of anilines is 2. The minimum atomic E-state index is -0.516. The van der Waals surface area contributed by atoms with Crippen molar-refractivity contribution in [2.24, 2.45) is 0 Å². The maximum absolute atomic E-state index is 13.4. The maximum Gasteiger partial charge on any atom is 0.305 e. The quantitative estimate of drug-likeness (QED) is 0.554. The fourth-order valence-electron chi connectivity index (χ4n) is 1.41. The molecule has 0 unspecified atom stereocenters. The first-order chi connectivity index (χ1) is 9.17. The highest BCUT2D eigenvalue weighted by atomic mass is 19.1. The fraction of sp³-hybridized carbons (Fsp3) is 0.583. The summed E-state index contributed by atoms with van der Waals surface area (Å²) in [4.78, 5) is 18.9. The number of nitrogens with zero attached hydrogens (tertiary/aromatic N) is 2. The molecule has 0 saturated carbocycles. The first-order valence-corrected chi connectivity index (χ1v) is 6.33. The number of halogens is 1. The van der Waals surface area contributed by atoms with E-state index in [0.29, 0.717) is 38.5 Å². The van der Waals surface area contributed by atoms with Gasteiger partial charge in [0, 0.05) is 19.5 Å². The second-order valence-electron chi connectivity index (χ2n) is 3.76. The first-order valence-electron chi connectivity index (χ1n) is 6.33. The van der Waals surface area contributed by atoms with E-state index in [1.807, 2.05) is 6.92 Å². The van der Waals surface area contributed by atoms with E-state index in [4.69, 9.17) is 4.74 Å². The van der Waals surface area contributed by atoms with Gasteiger partial charge < -0.3 is 15.4 Å². The lowest BCUT2D eigenvalue weighted by atomic mass is 10.3. The Balaban J connectivity index is 2.39. The molecule has 0 fully saturated rings. The van der Waals surface area contributed by atoms with Crippen molar-refractivity contribution in [3.8, 4) is 0 Å². The summed E-state index contributed by atoms with van der Waals surface area (Å²) in [7, 11) is 0. The maximum atomic E-state index is 13.4. The zero-order chi connectivity index (χ0) is 14.1. The van der Waals surface area contributed by atoms with Gasteiger partial charge in [0.05, 0.1) is 12.8 Å². The van der Waals surface area contributed by atoms with Crippen LogP contribution in [0.2, 0.25) is 0 Å². The van der Waals surface area contributed by atoms with Crippen molar-refractivity contribution < 1.29 is 13.9 Å². The summed E-state index contributed by atoms with van der Waals surface area (Å²) >= 11 is 0. The first kappa shape index (κ1) is 15.1. The Labute approximate surface area is 111 Å². The highest BCUT2D eigenvalue weighted by molar-refractivity contribution is 5.69. The Morgan fingerprint density at radius 3 is 2.89 bits per heavy atom. The van der Waals surface area contributed by atoms with Gasteiger partial charge in [0.25, 0.3) is 0 Å². The Morgan fingerprint density at radius 1 is 1.42 bits per heavy atom. The topological polar surface area (TPSA) is 76.1 Å². The Hall–Kier alpha value is -1.92. The summed E-state index contributed by atoms with van der Waals surface area (Å²) in [6.07, 6.45) is 1.96. The molecule has 1 heterocycles. The van der Waals surface area contributed by atoms with Crippen LogP contribution in [0.5, 0.6) is 0 Å². The molecular weight excluding hydrogens is 251 g/mol.